The zero-order valence-electron chi connectivity index (χ0n) is 11.5. The summed E-state index contributed by atoms with van der Waals surface area (Å²) in [5.74, 6) is 1.20. The van der Waals surface area contributed by atoms with Gasteiger partial charge >= 0.3 is 5.97 Å². The van der Waals surface area contributed by atoms with Gasteiger partial charge in [-0.3, -0.25) is 0 Å². The first-order valence-corrected chi connectivity index (χ1v) is 7.18. The third kappa shape index (κ3) is 2.83. The Labute approximate surface area is 130 Å². The molecule has 0 unspecified atom stereocenters. The Morgan fingerprint density at radius 1 is 1.19 bits per heavy atom. The number of aryl methyl sites for hydroxylation is 2. The number of esters is 1. The lowest BCUT2D eigenvalue weighted by Crippen LogP contribution is -2.05. The maximum atomic E-state index is 11.9. The van der Waals surface area contributed by atoms with Crippen LogP contribution in [-0.2, 0) is 9.53 Å². The summed E-state index contributed by atoms with van der Waals surface area (Å²) in [7, 11) is 0. The second kappa shape index (κ2) is 5.33. The van der Waals surface area contributed by atoms with E-state index in [2.05, 4.69) is 20.9 Å². The van der Waals surface area contributed by atoms with Gasteiger partial charge in [-0.05, 0) is 49.7 Å². The highest BCUT2D eigenvalue weighted by atomic mass is 79.9. The summed E-state index contributed by atoms with van der Waals surface area (Å²) >= 11 is 3.44. The molecule has 106 valence electrons. The van der Waals surface area contributed by atoms with Gasteiger partial charge in [0.25, 0.3) is 0 Å². The van der Waals surface area contributed by atoms with E-state index in [1.165, 1.54) is 0 Å². The molecule has 4 nitrogen and oxygen atoms in total. The van der Waals surface area contributed by atoms with Crippen molar-refractivity contribution >= 4 is 33.9 Å². The highest BCUT2D eigenvalue weighted by molar-refractivity contribution is 9.10. The lowest BCUT2D eigenvalue weighted by Gasteiger charge is -2.02. The van der Waals surface area contributed by atoms with Crippen molar-refractivity contribution in [2.24, 2.45) is 4.99 Å². The topological polar surface area (TPSA) is 51.8 Å². The fourth-order valence-corrected chi connectivity index (χ4v) is 2.22. The first-order chi connectivity index (χ1) is 10.0. The summed E-state index contributed by atoms with van der Waals surface area (Å²) in [6.45, 7) is 3.81. The largest absolute Gasteiger partial charge is 0.462 e. The van der Waals surface area contributed by atoms with Crippen LogP contribution < -0.4 is 0 Å². The molecular weight excluding hydrogens is 334 g/mol. The molecule has 3 rings (SSSR count). The van der Waals surface area contributed by atoms with E-state index < -0.39 is 5.97 Å². The molecule has 5 heteroatoms. The summed E-state index contributed by atoms with van der Waals surface area (Å²) in [6, 6.07) is 9.28. The number of carbonyl (C=O) groups is 1. The number of carbonyl (C=O) groups excluding carboxylic acids is 1. The molecule has 1 aliphatic heterocycles. The number of furan rings is 1. The van der Waals surface area contributed by atoms with Crippen LogP contribution in [0.15, 0.2) is 49.9 Å². The van der Waals surface area contributed by atoms with Gasteiger partial charge in [0.1, 0.15) is 11.5 Å². The number of rotatable bonds is 2. The van der Waals surface area contributed by atoms with Gasteiger partial charge in [-0.2, -0.15) is 0 Å². The first-order valence-electron chi connectivity index (χ1n) is 6.38. The van der Waals surface area contributed by atoms with Crippen molar-refractivity contribution in [1.29, 1.82) is 0 Å². The van der Waals surface area contributed by atoms with Crippen LogP contribution in [0.5, 0.6) is 0 Å². The van der Waals surface area contributed by atoms with E-state index in [1.54, 1.807) is 12.1 Å². The van der Waals surface area contributed by atoms with E-state index in [0.717, 1.165) is 21.4 Å². The number of halogens is 1. The summed E-state index contributed by atoms with van der Waals surface area (Å²) in [5, 5.41) is 0. The molecule has 0 amide bonds. The Morgan fingerprint density at radius 2 is 2.00 bits per heavy atom. The molecule has 0 spiro atoms. The smallest absolute Gasteiger partial charge is 0.363 e. The molecule has 2 heterocycles. The SMILES string of the molecule is Cc1ccc(/C=C2\N=C(c3ccc(Br)c(C)c3)OC2=O)o1. The first kappa shape index (κ1) is 13.8. The molecule has 1 aliphatic rings. The van der Waals surface area contributed by atoms with E-state index in [9.17, 15) is 4.79 Å². The van der Waals surface area contributed by atoms with Crippen LogP contribution in [0, 0.1) is 13.8 Å². The van der Waals surface area contributed by atoms with Gasteiger partial charge in [-0.25, -0.2) is 9.79 Å². The van der Waals surface area contributed by atoms with Crippen LogP contribution in [-0.4, -0.2) is 11.9 Å². The molecule has 0 aliphatic carbocycles. The van der Waals surface area contributed by atoms with Gasteiger partial charge in [0.15, 0.2) is 5.70 Å². The number of benzene rings is 1. The van der Waals surface area contributed by atoms with Crippen molar-refractivity contribution in [3.63, 3.8) is 0 Å². The number of hydrogen-bond donors (Lipinski definition) is 0. The molecule has 0 fully saturated rings. The van der Waals surface area contributed by atoms with Crippen LogP contribution in [0.3, 0.4) is 0 Å². The van der Waals surface area contributed by atoms with Crippen LogP contribution in [0.4, 0.5) is 0 Å². The normalized spacial score (nSPS) is 16.2. The molecule has 1 aromatic carbocycles. The zero-order valence-corrected chi connectivity index (χ0v) is 13.1. The monoisotopic (exact) mass is 345 g/mol. The van der Waals surface area contributed by atoms with E-state index in [4.69, 9.17) is 9.15 Å². The number of ether oxygens (including phenoxy) is 1. The molecule has 1 aromatic heterocycles. The van der Waals surface area contributed by atoms with Gasteiger partial charge < -0.3 is 9.15 Å². The summed E-state index contributed by atoms with van der Waals surface area (Å²) < 4.78 is 11.6. The summed E-state index contributed by atoms with van der Waals surface area (Å²) in [5.41, 5.74) is 2.05. The predicted octanol–water partition coefficient (Wildman–Crippen LogP) is 4.00. The van der Waals surface area contributed by atoms with Crippen molar-refractivity contribution in [3.8, 4) is 0 Å². The Balaban J connectivity index is 1.95. The van der Waals surface area contributed by atoms with Crippen LogP contribution >= 0.6 is 15.9 Å². The van der Waals surface area contributed by atoms with Crippen molar-refractivity contribution in [1.82, 2.24) is 0 Å². The molecule has 0 bridgehead atoms. The summed E-state index contributed by atoms with van der Waals surface area (Å²) in [6.07, 6.45) is 1.58. The third-order valence-corrected chi connectivity index (χ3v) is 3.96. The molecular formula is C16H12BrNO3. The van der Waals surface area contributed by atoms with Gasteiger partial charge in [0, 0.05) is 16.1 Å². The van der Waals surface area contributed by atoms with Gasteiger partial charge in [0.05, 0.1) is 0 Å². The van der Waals surface area contributed by atoms with E-state index in [0.29, 0.717) is 11.7 Å². The quantitative estimate of drug-likeness (QED) is 0.610. The van der Waals surface area contributed by atoms with Crippen molar-refractivity contribution < 1.29 is 13.9 Å². The Morgan fingerprint density at radius 3 is 2.67 bits per heavy atom. The zero-order chi connectivity index (χ0) is 15.0. The van der Waals surface area contributed by atoms with E-state index >= 15 is 0 Å². The Bertz CT molecular complexity index is 787. The fourth-order valence-electron chi connectivity index (χ4n) is 1.98. The lowest BCUT2D eigenvalue weighted by atomic mass is 10.1. The highest BCUT2D eigenvalue weighted by Gasteiger charge is 2.24. The standard InChI is InChI=1S/C16H12BrNO3/c1-9-7-11(4-6-13(9)17)15-18-14(16(19)21-15)8-12-5-3-10(2)20-12/h3-8H,1-2H3/b14-8-. The lowest BCUT2D eigenvalue weighted by molar-refractivity contribution is -0.129. The minimum Gasteiger partial charge on any atom is -0.462 e. The second-order valence-corrected chi connectivity index (χ2v) is 5.60. The molecule has 2 aromatic rings. The molecule has 0 radical (unpaired) electrons. The van der Waals surface area contributed by atoms with Crippen molar-refractivity contribution in [2.75, 3.05) is 0 Å². The van der Waals surface area contributed by atoms with Gasteiger partial charge in [-0.1, -0.05) is 15.9 Å². The maximum absolute atomic E-state index is 11.9. The van der Waals surface area contributed by atoms with Crippen LogP contribution in [0.2, 0.25) is 0 Å². The summed E-state index contributed by atoms with van der Waals surface area (Å²) in [4.78, 5) is 16.1. The second-order valence-electron chi connectivity index (χ2n) is 4.75. The van der Waals surface area contributed by atoms with Crippen LogP contribution in [0.1, 0.15) is 22.6 Å². The van der Waals surface area contributed by atoms with E-state index in [-0.39, 0.29) is 5.70 Å². The Hall–Kier alpha value is -2.14. The maximum Gasteiger partial charge on any atom is 0.363 e. The van der Waals surface area contributed by atoms with E-state index in [1.807, 2.05) is 38.1 Å². The molecule has 0 saturated carbocycles. The number of nitrogens with zero attached hydrogens (tertiary/aromatic N) is 1. The number of hydrogen-bond acceptors (Lipinski definition) is 4. The molecule has 0 saturated heterocycles. The number of aliphatic imine (C=N–C) groups is 1. The third-order valence-electron chi connectivity index (χ3n) is 3.07. The predicted molar refractivity (Wildman–Crippen MR) is 82.9 cm³/mol. The minimum absolute atomic E-state index is 0.236. The number of cyclic esters (lactones) is 1. The van der Waals surface area contributed by atoms with Crippen molar-refractivity contribution in [2.45, 2.75) is 13.8 Å². The van der Waals surface area contributed by atoms with Gasteiger partial charge in [-0.15, -0.1) is 0 Å². The van der Waals surface area contributed by atoms with Crippen molar-refractivity contribution in [3.05, 3.63) is 63.1 Å². The fraction of sp³-hybridized carbons (Fsp3) is 0.125. The average molecular weight is 346 g/mol. The van der Waals surface area contributed by atoms with Gasteiger partial charge in [0.2, 0.25) is 5.90 Å². The Kier molecular flexibility index (Phi) is 3.51. The van der Waals surface area contributed by atoms with Crippen LogP contribution in [0.25, 0.3) is 6.08 Å². The molecule has 21 heavy (non-hydrogen) atoms. The average Bonchev–Trinajstić information content (AvgIpc) is 3.00. The highest BCUT2D eigenvalue weighted by Crippen LogP contribution is 2.23. The molecule has 0 N–H and O–H groups in total. The molecule has 0 atom stereocenters. The minimum atomic E-state index is -0.473.